The average Bonchev–Trinajstić information content (AvgIpc) is 2.84. The zero-order valence-electron chi connectivity index (χ0n) is 14.5. The zero-order chi connectivity index (χ0) is 16.9. The summed E-state index contributed by atoms with van der Waals surface area (Å²) >= 11 is 0. The number of hydrogen-bond acceptors (Lipinski definition) is 8. The second kappa shape index (κ2) is 8.68. The van der Waals surface area contributed by atoms with Crippen LogP contribution in [0.2, 0.25) is 0 Å². The molecule has 2 saturated heterocycles. The van der Waals surface area contributed by atoms with E-state index < -0.39 is 18.2 Å². The predicted octanol–water partition coefficient (Wildman–Crippen LogP) is 0.530. The third-order valence-electron chi connectivity index (χ3n) is 3.77. The van der Waals surface area contributed by atoms with Crippen LogP contribution in [-0.4, -0.2) is 84.4 Å². The van der Waals surface area contributed by atoms with Gasteiger partial charge in [-0.25, -0.2) is 0 Å². The lowest BCUT2D eigenvalue weighted by molar-refractivity contribution is -0.297. The molecule has 2 aliphatic heterocycles. The molecular weight excluding hydrogens is 308 g/mol. The Kier molecular flexibility index (Phi) is 7.18. The van der Waals surface area contributed by atoms with Gasteiger partial charge in [0.15, 0.2) is 12.1 Å². The van der Waals surface area contributed by atoms with Gasteiger partial charge < -0.3 is 37.9 Å². The van der Waals surface area contributed by atoms with E-state index in [0.29, 0.717) is 19.8 Å². The molecule has 23 heavy (non-hydrogen) atoms. The summed E-state index contributed by atoms with van der Waals surface area (Å²) in [5.41, 5.74) is 0. The van der Waals surface area contributed by atoms with Crippen molar-refractivity contribution in [3.8, 4) is 0 Å². The first-order chi connectivity index (χ1) is 11.0. The third-order valence-corrected chi connectivity index (χ3v) is 3.77. The first kappa shape index (κ1) is 19.0. The van der Waals surface area contributed by atoms with Gasteiger partial charge in [0.05, 0.1) is 19.8 Å². The van der Waals surface area contributed by atoms with E-state index in [1.54, 1.807) is 21.3 Å². The molecule has 5 atom stereocenters. The van der Waals surface area contributed by atoms with Gasteiger partial charge in [-0.15, -0.1) is 0 Å². The largest absolute Gasteiger partial charge is 0.382 e. The fourth-order valence-corrected chi connectivity index (χ4v) is 2.83. The molecule has 2 heterocycles. The third kappa shape index (κ3) is 4.83. The van der Waals surface area contributed by atoms with E-state index in [9.17, 15) is 0 Å². The SMILES string of the molecule is COCCOCO[C@H]1[C@@H](OC)O[C@H](COC)[C@@H]2OC(C)(C)O[C@@H]21. The van der Waals surface area contributed by atoms with Crippen LogP contribution in [0.3, 0.4) is 0 Å². The first-order valence-electron chi connectivity index (χ1n) is 7.73. The Hall–Kier alpha value is -0.320. The van der Waals surface area contributed by atoms with Gasteiger partial charge in [0, 0.05) is 21.3 Å². The molecule has 2 fully saturated rings. The minimum Gasteiger partial charge on any atom is -0.382 e. The number of rotatable bonds is 9. The van der Waals surface area contributed by atoms with Gasteiger partial charge in [-0.1, -0.05) is 0 Å². The molecule has 0 unspecified atom stereocenters. The minimum absolute atomic E-state index is 0.0964. The molecule has 0 radical (unpaired) electrons. The highest BCUT2D eigenvalue weighted by Gasteiger charge is 2.56. The summed E-state index contributed by atoms with van der Waals surface area (Å²) in [6, 6.07) is 0. The van der Waals surface area contributed by atoms with Crippen LogP contribution in [0, 0.1) is 0 Å². The highest BCUT2D eigenvalue weighted by atomic mass is 16.8. The van der Waals surface area contributed by atoms with Crippen LogP contribution in [-0.2, 0) is 37.9 Å². The predicted molar refractivity (Wildman–Crippen MR) is 78.9 cm³/mol. The molecule has 0 bridgehead atoms. The molecule has 8 nitrogen and oxygen atoms in total. The van der Waals surface area contributed by atoms with Crippen molar-refractivity contribution < 1.29 is 37.9 Å². The molecule has 0 aliphatic carbocycles. The summed E-state index contributed by atoms with van der Waals surface area (Å²) in [5.74, 6) is -0.716. The van der Waals surface area contributed by atoms with Gasteiger partial charge in [-0.3, -0.25) is 0 Å². The van der Waals surface area contributed by atoms with Crippen molar-refractivity contribution >= 4 is 0 Å². The van der Waals surface area contributed by atoms with Gasteiger partial charge in [0.25, 0.3) is 0 Å². The second-order valence-corrected chi connectivity index (χ2v) is 5.95. The van der Waals surface area contributed by atoms with E-state index in [1.807, 2.05) is 13.8 Å². The summed E-state index contributed by atoms with van der Waals surface area (Å²) < 4.78 is 44.6. The van der Waals surface area contributed by atoms with Crippen molar-refractivity contribution in [3.05, 3.63) is 0 Å². The quantitative estimate of drug-likeness (QED) is 0.446. The highest BCUT2D eigenvalue weighted by molar-refractivity contribution is 4.97. The Labute approximate surface area is 137 Å². The Bertz CT molecular complexity index is 350. The van der Waals surface area contributed by atoms with Crippen molar-refractivity contribution in [3.63, 3.8) is 0 Å². The van der Waals surface area contributed by atoms with E-state index in [-0.39, 0.29) is 25.1 Å². The Morgan fingerprint density at radius 3 is 2.35 bits per heavy atom. The fourth-order valence-electron chi connectivity index (χ4n) is 2.83. The van der Waals surface area contributed by atoms with Crippen LogP contribution in [0.1, 0.15) is 13.8 Å². The molecule has 0 amide bonds. The van der Waals surface area contributed by atoms with Gasteiger partial charge in [0.2, 0.25) is 0 Å². The van der Waals surface area contributed by atoms with E-state index in [2.05, 4.69) is 0 Å². The Morgan fingerprint density at radius 2 is 1.70 bits per heavy atom. The number of hydrogen-bond donors (Lipinski definition) is 0. The van der Waals surface area contributed by atoms with E-state index in [4.69, 9.17) is 37.9 Å². The highest BCUT2D eigenvalue weighted by Crippen LogP contribution is 2.38. The maximum absolute atomic E-state index is 6.01. The Morgan fingerprint density at radius 1 is 0.957 bits per heavy atom. The van der Waals surface area contributed by atoms with E-state index >= 15 is 0 Å². The van der Waals surface area contributed by atoms with Crippen molar-refractivity contribution in [1.29, 1.82) is 0 Å². The molecule has 0 aromatic rings. The van der Waals surface area contributed by atoms with Crippen LogP contribution in [0.4, 0.5) is 0 Å². The fraction of sp³-hybridized carbons (Fsp3) is 1.00. The monoisotopic (exact) mass is 336 g/mol. The normalized spacial score (nSPS) is 36.1. The summed E-state index contributed by atoms with van der Waals surface area (Å²) in [7, 11) is 4.80. The number of fused-ring (bicyclic) bond motifs is 1. The zero-order valence-corrected chi connectivity index (χ0v) is 14.5. The summed E-state index contributed by atoms with van der Waals surface area (Å²) in [5, 5.41) is 0. The lowest BCUT2D eigenvalue weighted by atomic mass is 9.99. The van der Waals surface area contributed by atoms with Crippen molar-refractivity contribution in [2.24, 2.45) is 0 Å². The topological polar surface area (TPSA) is 73.8 Å². The van der Waals surface area contributed by atoms with E-state index in [0.717, 1.165) is 0 Å². The molecule has 8 heteroatoms. The molecular formula is C15H28O8. The molecule has 136 valence electrons. The lowest BCUT2D eigenvalue weighted by Gasteiger charge is -2.40. The van der Waals surface area contributed by atoms with Crippen LogP contribution in [0.25, 0.3) is 0 Å². The molecule has 0 N–H and O–H groups in total. The van der Waals surface area contributed by atoms with Crippen LogP contribution < -0.4 is 0 Å². The van der Waals surface area contributed by atoms with Crippen molar-refractivity contribution in [2.45, 2.75) is 50.3 Å². The molecule has 0 aromatic heterocycles. The molecule has 2 rings (SSSR count). The van der Waals surface area contributed by atoms with Gasteiger partial charge in [0.1, 0.15) is 31.2 Å². The lowest BCUT2D eigenvalue weighted by Crippen LogP contribution is -2.58. The second-order valence-electron chi connectivity index (χ2n) is 5.95. The molecule has 0 spiro atoms. The van der Waals surface area contributed by atoms with Gasteiger partial charge >= 0.3 is 0 Å². The van der Waals surface area contributed by atoms with E-state index in [1.165, 1.54) is 0 Å². The molecule has 2 aliphatic rings. The summed E-state index contributed by atoms with van der Waals surface area (Å²) in [6.07, 6.45) is -1.94. The minimum atomic E-state index is -0.716. The molecule has 0 saturated carbocycles. The number of methoxy groups -OCH3 is 3. The van der Waals surface area contributed by atoms with Crippen LogP contribution in [0.15, 0.2) is 0 Å². The summed E-state index contributed by atoms with van der Waals surface area (Å²) in [4.78, 5) is 0. The van der Waals surface area contributed by atoms with Crippen LogP contribution in [0.5, 0.6) is 0 Å². The maximum atomic E-state index is 6.01. The van der Waals surface area contributed by atoms with Gasteiger partial charge in [-0.2, -0.15) is 0 Å². The average molecular weight is 336 g/mol. The molecule has 0 aromatic carbocycles. The first-order valence-corrected chi connectivity index (χ1v) is 7.73. The standard InChI is InChI=1S/C15H28O8/c1-15(2)22-11-10(8-17-4)21-14(18-5)13(12(11)23-15)20-9-19-7-6-16-3/h10-14H,6-9H2,1-5H3/t10-,11+,12+,13-,14+/m1/s1. The van der Waals surface area contributed by atoms with Crippen molar-refractivity contribution in [1.82, 2.24) is 0 Å². The number of ether oxygens (including phenoxy) is 8. The summed E-state index contributed by atoms with van der Waals surface area (Å²) in [6.45, 7) is 5.17. The maximum Gasteiger partial charge on any atom is 0.186 e. The van der Waals surface area contributed by atoms with Crippen LogP contribution >= 0.6 is 0 Å². The smallest absolute Gasteiger partial charge is 0.186 e. The van der Waals surface area contributed by atoms with Crippen molar-refractivity contribution in [2.75, 3.05) is 47.9 Å². The Balaban J connectivity index is 2.00. The van der Waals surface area contributed by atoms with Gasteiger partial charge in [-0.05, 0) is 13.8 Å².